The summed E-state index contributed by atoms with van der Waals surface area (Å²) in [6.07, 6.45) is 1.32. The molecule has 0 aliphatic carbocycles. The fourth-order valence-electron chi connectivity index (χ4n) is 1.65. The summed E-state index contributed by atoms with van der Waals surface area (Å²) in [6, 6.07) is 10.3. The molecule has 0 atom stereocenters. The SMILES string of the molecule is NC(=O)NN=Cc1ccc(F)cc1OCc1ccc(Cl)cc1. The molecule has 0 radical (unpaired) electrons. The molecule has 22 heavy (non-hydrogen) atoms. The van der Waals surface area contributed by atoms with E-state index in [-0.39, 0.29) is 6.61 Å². The lowest BCUT2D eigenvalue weighted by molar-refractivity contribution is 0.249. The zero-order valence-electron chi connectivity index (χ0n) is 11.4. The number of nitrogens with zero attached hydrogens (tertiary/aromatic N) is 1. The summed E-state index contributed by atoms with van der Waals surface area (Å²) < 4.78 is 18.9. The minimum Gasteiger partial charge on any atom is -0.488 e. The lowest BCUT2D eigenvalue weighted by Crippen LogP contribution is -2.24. The normalized spacial score (nSPS) is 10.6. The number of amides is 2. The Hall–Kier alpha value is -2.60. The predicted octanol–water partition coefficient (Wildman–Crippen LogP) is 3.06. The number of hydrazone groups is 1. The second kappa shape index (κ2) is 7.42. The predicted molar refractivity (Wildman–Crippen MR) is 82.5 cm³/mol. The maximum atomic E-state index is 13.3. The average Bonchev–Trinajstić information content (AvgIpc) is 2.48. The molecule has 0 spiro atoms. The summed E-state index contributed by atoms with van der Waals surface area (Å²) in [5.41, 5.74) is 8.35. The van der Waals surface area contributed by atoms with E-state index in [0.29, 0.717) is 16.3 Å². The molecule has 2 amide bonds. The highest BCUT2D eigenvalue weighted by Gasteiger charge is 2.05. The van der Waals surface area contributed by atoms with Gasteiger partial charge in [-0.1, -0.05) is 23.7 Å². The van der Waals surface area contributed by atoms with Crippen molar-refractivity contribution in [2.24, 2.45) is 10.8 Å². The first-order valence-corrected chi connectivity index (χ1v) is 6.67. The summed E-state index contributed by atoms with van der Waals surface area (Å²) in [7, 11) is 0. The molecule has 5 nitrogen and oxygen atoms in total. The molecule has 0 aliphatic heterocycles. The third kappa shape index (κ3) is 4.75. The summed E-state index contributed by atoms with van der Waals surface area (Å²) in [5, 5.41) is 4.25. The lowest BCUT2D eigenvalue weighted by atomic mass is 10.2. The van der Waals surface area contributed by atoms with Gasteiger partial charge in [0.2, 0.25) is 0 Å². The summed E-state index contributed by atoms with van der Waals surface area (Å²) in [4.78, 5) is 10.6. The van der Waals surface area contributed by atoms with Crippen LogP contribution in [0.2, 0.25) is 5.02 Å². The van der Waals surface area contributed by atoms with E-state index in [1.54, 1.807) is 12.1 Å². The van der Waals surface area contributed by atoms with Crippen molar-refractivity contribution >= 4 is 23.8 Å². The van der Waals surface area contributed by atoms with Gasteiger partial charge in [-0.2, -0.15) is 5.10 Å². The number of nitrogens with one attached hydrogen (secondary N) is 1. The zero-order valence-corrected chi connectivity index (χ0v) is 12.2. The molecule has 2 aromatic carbocycles. The van der Waals surface area contributed by atoms with Crippen LogP contribution < -0.4 is 15.9 Å². The van der Waals surface area contributed by atoms with Gasteiger partial charge < -0.3 is 10.5 Å². The molecule has 0 fully saturated rings. The fourth-order valence-corrected chi connectivity index (χ4v) is 1.77. The highest BCUT2D eigenvalue weighted by molar-refractivity contribution is 6.30. The van der Waals surface area contributed by atoms with E-state index >= 15 is 0 Å². The molecule has 2 rings (SSSR count). The number of benzene rings is 2. The number of urea groups is 1. The number of hydrogen-bond acceptors (Lipinski definition) is 3. The Morgan fingerprint density at radius 2 is 2.05 bits per heavy atom. The van der Waals surface area contributed by atoms with Crippen LogP contribution in [0.5, 0.6) is 5.75 Å². The molecule has 0 aromatic heterocycles. The van der Waals surface area contributed by atoms with Gasteiger partial charge in [-0.3, -0.25) is 0 Å². The van der Waals surface area contributed by atoms with Crippen molar-refractivity contribution < 1.29 is 13.9 Å². The van der Waals surface area contributed by atoms with E-state index in [9.17, 15) is 9.18 Å². The smallest absolute Gasteiger partial charge is 0.332 e. The first-order chi connectivity index (χ1) is 10.5. The highest BCUT2D eigenvalue weighted by Crippen LogP contribution is 2.20. The van der Waals surface area contributed by atoms with Gasteiger partial charge in [0.1, 0.15) is 18.2 Å². The maximum Gasteiger partial charge on any atom is 0.332 e. The molecule has 0 saturated carbocycles. The fraction of sp³-hybridized carbons (Fsp3) is 0.0667. The Bertz CT molecular complexity index is 690. The van der Waals surface area contributed by atoms with Crippen molar-refractivity contribution in [1.29, 1.82) is 0 Å². The van der Waals surface area contributed by atoms with E-state index in [4.69, 9.17) is 22.1 Å². The standard InChI is InChI=1S/C15H13ClFN3O2/c16-12-4-1-10(2-5-12)9-22-14-7-13(17)6-3-11(14)8-19-20-15(18)21/h1-8H,9H2,(H3,18,20,21). The first-order valence-electron chi connectivity index (χ1n) is 6.30. The Morgan fingerprint density at radius 1 is 1.32 bits per heavy atom. The number of carbonyl (C=O) groups excluding carboxylic acids is 1. The van der Waals surface area contributed by atoms with Crippen LogP contribution in [0.1, 0.15) is 11.1 Å². The number of ether oxygens (including phenoxy) is 1. The first kappa shape index (κ1) is 15.8. The second-order valence-corrected chi connectivity index (χ2v) is 4.77. The van der Waals surface area contributed by atoms with Crippen LogP contribution in [0.15, 0.2) is 47.6 Å². The third-order valence-electron chi connectivity index (χ3n) is 2.66. The van der Waals surface area contributed by atoms with Crippen molar-refractivity contribution in [3.05, 3.63) is 64.4 Å². The molecule has 0 aliphatic rings. The number of rotatable bonds is 5. The second-order valence-electron chi connectivity index (χ2n) is 4.33. The summed E-state index contributed by atoms with van der Waals surface area (Å²) >= 11 is 5.81. The van der Waals surface area contributed by atoms with Crippen molar-refractivity contribution in [1.82, 2.24) is 5.43 Å². The van der Waals surface area contributed by atoms with E-state index in [2.05, 4.69) is 10.5 Å². The average molecular weight is 322 g/mol. The molecule has 2 aromatic rings. The van der Waals surface area contributed by atoms with Gasteiger partial charge >= 0.3 is 6.03 Å². The van der Waals surface area contributed by atoms with Crippen LogP contribution in [-0.4, -0.2) is 12.2 Å². The molecular weight excluding hydrogens is 309 g/mol. The van der Waals surface area contributed by atoms with Gasteiger partial charge in [-0.15, -0.1) is 0 Å². The number of hydrogen-bond donors (Lipinski definition) is 2. The Morgan fingerprint density at radius 3 is 2.73 bits per heavy atom. The molecule has 0 bridgehead atoms. The van der Waals surface area contributed by atoms with E-state index in [1.165, 1.54) is 24.4 Å². The van der Waals surface area contributed by atoms with Crippen molar-refractivity contribution in [2.45, 2.75) is 6.61 Å². The number of carbonyl (C=O) groups is 1. The lowest BCUT2D eigenvalue weighted by Gasteiger charge is -2.09. The maximum absolute atomic E-state index is 13.3. The van der Waals surface area contributed by atoms with Crippen LogP contribution in [0.4, 0.5) is 9.18 Å². The molecule has 3 N–H and O–H groups in total. The molecular formula is C15H13ClFN3O2. The number of halogens is 2. The van der Waals surface area contributed by atoms with E-state index in [0.717, 1.165) is 5.56 Å². The van der Waals surface area contributed by atoms with Crippen molar-refractivity contribution in [3.63, 3.8) is 0 Å². The van der Waals surface area contributed by atoms with Gasteiger partial charge in [0.15, 0.2) is 0 Å². The topological polar surface area (TPSA) is 76.7 Å². The Labute approximate surface area is 131 Å². The largest absolute Gasteiger partial charge is 0.488 e. The summed E-state index contributed by atoms with van der Waals surface area (Å²) in [5.74, 6) is -0.143. The van der Waals surface area contributed by atoms with Gasteiger partial charge in [0, 0.05) is 16.7 Å². The summed E-state index contributed by atoms with van der Waals surface area (Å²) in [6.45, 7) is 0.241. The number of nitrogens with two attached hydrogens (primary N) is 1. The number of primary amides is 1. The van der Waals surface area contributed by atoms with Crippen LogP contribution in [0.25, 0.3) is 0 Å². The van der Waals surface area contributed by atoms with Crippen LogP contribution in [0, 0.1) is 5.82 Å². The molecule has 0 unspecified atom stereocenters. The highest BCUT2D eigenvalue weighted by atomic mass is 35.5. The Balaban J connectivity index is 2.11. The van der Waals surface area contributed by atoms with Crippen LogP contribution in [-0.2, 0) is 6.61 Å². The van der Waals surface area contributed by atoms with E-state index in [1.807, 2.05) is 12.1 Å². The minimum atomic E-state index is -0.790. The van der Waals surface area contributed by atoms with Gasteiger partial charge in [0.05, 0.1) is 6.21 Å². The minimum absolute atomic E-state index is 0.241. The van der Waals surface area contributed by atoms with Crippen molar-refractivity contribution in [2.75, 3.05) is 0 Å². The van der Waals surface area contributed by atoms with Gasteiger partial charge in [-0.25, -0.2) is 14.6 Å². The molecule has 0 saturated heterocycles. The van der Waals surface area contributed by atoms with Crippen LogP contribution in [0.3, 0.4) is 0 Å². The van der Waals surface area contributed by atoms with Gasteiger partial charge in [-0.05, 0) is 29.8 Å². The quantitative estimate of drug-likeness (QED) is 0.656. The molecule has 7 heteroatoms. The van der Waals surface area contributed by atoms with Crippen molar-refractivity contribution in [3.8, 4) is 5.75 Å². The van der Waals surface area contributed by atoms with Crippen LogP contribution >= 0.6 is 11.6 Å². The van der Waals surface area contributed by atoms with E-state index < -0.39 is 11.8 Å². The monoisotopic (exact) mass is 321 g/mol. The molecule has 0 heterocycles. The third-order valence-corrected chi connectivity index (χ3v) is 2.91. The molecule has 114 valence electrons. The van der Waals surface area contributed by atoms with Gasteiger partial charge in [0.25, 0.3) is 0 Å². The zero-order chi connectivity index (χ0) is 15.9. The Kier molecular flexibility index (Phi) is 5.32.